The Kier molecular flexibility index (Phi) is 4.15. The van der Waals surface area contributed by atoms with Gasteiger partial charge in [0, 0.05) is 10.5 Å². The minimum atomic E-state index is -0.188. The van der Waals surface area contributed by atoms with Crippen molar-refractivity contribution in [2.45, 2.75) is 19.4 Å². The minimum Gasteiger partial charge on any atom is -0.324 e. The van der Waals surface area contributed by atoms with Gasteiger partial charge in [0.1, 0.15) is 5.82 Å². The Balaban J connectivity index is 2.19. The van der Waals surface area contributed by atoms with Crippen LogP contribution in [0, 0.1) is 12.7 Å². The van der Waals surface area contributed by atoms with Gasteiger partial charge in [-0.1, -0.05) is 46.3 Å². The van der Waals surface area contributed by atoms with Crippen LogP contribution in [0.2, 0.25) is 0 Å². The summed E-state index contributed by atoms with van der Waals surface area (Å²) in [6.45, 7) is 1.75. The van der Waals surface area contributed by atoms with Gasteiger partial charge >= 0.3 is 0 Å². The molecule has 1 nitrogen and oxygen atoms in total. The second kappa shape index (κ2) is 5.63. The maximum Gasteiger partial charge on any atom is 0.126 e. The predicted octanol–water partition coefficient (Wildman–Crippen LogP) is 4.14. The third kappa shape index (κ3) is 2.98. The first kappa shape index (κ1) is 13.2. The largest absolute Gasteiger partial charge is 0.324 e. The Hall–Kier alpha value is -1.19. The van der Waals surface area contributed by atoms with E-state index in [1.165, 1.54) is 6.07 Å². The molecule has 0 radical (unpaired) electrons. The number of benzene rings is 2. The minimum absolute atomic E-state index is 0.122. The maximum absolute atomic E-state index is 13.2. The Morgan fingerprint density at radius 3 is 2.61 bits per heavy atom. The second-order valence-corrected chi connectivity index (χ2v) is 5.26. The van der Waals surface area contributed by atoms with E-state index in [9.17, 15) is 4.39 Å². The number of rotatable bonds is 3. The summed E-state index contributed by atoms with van der Waals surface area (Å²) in [7, 11) is 0. The van der Waals surface area contributed by atoms with E-state index in [-0.39, 0.29) is 11.9 Å². The van der Waals surface area contributed by atoms with Crippen molar-refractivity contribution < 1.29 is 4.39 Å². The van der Waals surface area contributed by atoms with E-state index in [1.54, 1.807) is 13.0 Å². The van der Waals surface area contributed by atoms with Gasteiger partial charge in [0.2, 0.25) is 0 Å². The lowest BCUT2D eigenvalue weighted by Crippen LogP contribution is -2.14. The van der Waals surface area contributed by atoms with Crippen LogP contribution in [0.25, 0.3) is 0 Å². The van der Waals surface area contributed by atoms with Gasteiger partial charge in [-0.15, -0.1) is 0 Å². The van der Waals surface area contributed by atoms with Crippen LogP contribution in [0.3, 0.4) is 0 Å². The van der Waals surface area contributed by atoms with Crippen LogP contribution in [0.4, 0.5) is 4.39 Å². The first-order valence-electron chi connectivity index (χ1n) is 5.83. The molecule has 18 heavy (non-hydrogen) atoms. The molecule has 0 saturated heterocycles. The number of nitrogens with two attached hydrogens (primary N) is 1. The number of hydrogen-bond donors (Lipinski definition) is 1. The monoisotopic (exact) mass is 307 g/mol. The highest BCUT2D eigenvalue weighted by Gasteiger charge is 2.10. The first-order chi connectivity index (χ1) is 8.58. The molecule has 0 aromatic heterocycles. The smallest absolute Gasteiger partial charge is 0.126 e. The van der Waals surface area contributed by atoms with Crippen LogP contribution in [0.5, 0.6) is 0 Å². The predicted molar refractivity (Wildman–Crippen MR) is 75.9 cm³/mol. The summed E-state index contributed by atoms with van der Waals surface area (Å²) in [6, 6.07) is 12.9. The molecule has 0 fully saturated rings. The van der Waals surface area contributed by atoms with Crippen molar-refractivity contribution in [3.05, 3.63) is 69.4 Å². The summed E-state index contributed by atoms with van der Waals surface area (Å²) >= 11 is 3.51. The second-order valence-electron chi connectivity index (χ2n) is 4.41. The number of halogens is 2. The van der Waals surface area contributed by atoms with E-state index in [4.69, 9.17) is 5.73 Å². The van der Waals surface area contributed by atoms with Crippen LogP contribution >= 0.6 is 15.9 Å². The molecular formula is C15H15BrFN. The number of hydrogen-bond acceptors (Lipinski definition) is 1. The molecule has 2 aromatic carbocycles. The van der Waals surface area contributed by atoms with Crippen molar-refractivity contribution >= 4 is 15.9 Å². The zero-order valence-corrected chi connectivity index (χ0v) is 11.7. The molecule has 2 aromatic rings. The van der Waals surface area contributed by atoms with E-state index in [0.717, 1.165) is 22.0 Å². The summed E-state index contributed by atoms with van der Waals surface area (Å²) in [5, 5.41) is 0. The molecule has 94 valence electrons. The molecule has 2 N–H and O–H groups in total. The molecule has 2 rings (SSSR count). The van der Waals surface area contributed by atoms with E-state index < -0.39 is 0 Å². The zero-order valence-electron chi connectivity index (χ0n) is 10.2. The van der Waals surface area contributed by atoms with Crippen molar-refractivity contribution in [3.63, 3.8) is 0 Å². The Bertz CT molecular complexity index is 554. The third-order valence-electron chi connectivity index (χ3n) is 3.01. The highest BCUT2D eigenvalue weighted by atomic mass is 79.9. The lowest BCUT2D eigenvalue weighted by molar-refractivity contribution is 0.615. The summed E-state index contributed by atoms with van der Waals surface area (Å²) in [5.41, 5.74) is 8.93. The molecule has 0 aliphatic carbocycles. The highest BCUT2D eigenvalue weighted by Crippen LogP contribution is 2.23. The van der Waals surface area contributed by atoms with Gasteiger partial charge in [0.15, 0.2) is 0 Å². The van der Waals surface area contributed by atoms with Crippen molar-refractivity contribution in [1.29, 1.82) is 0 Å². The van der Waals surface area contributed by atoms with E-state index in [2.05, 4.69) is 15.9 Å². The fourth-order valence-corrected chi connectivity index (χ4v) is 2.36. The normalized spacial score (nSPS) is 12.4. The Morgan fingerprint density at radius 2 is 1.94 bits per heavy atom. The van der Waals surface area contributed by atoms with Crippen molar-refractivity contribution in [2.75, 3.05) is 0 Å². The summed E-state index contributed by atoms with van der Waals surface area (Å²) in [4.78, 5) is 0. The average molecular weight is 308 g/mol. The summed E-state index contributed by atoms with van der Waals surface area (Å²) in [5.74, 6) is -0.188. The third-order valence-corrected chi connectivity index (χ3v) is 3.78. The van der Waals surface area contributed by atoms with Crippen molar-refractivity contribution in [2.24, 2.45) is 5.73 Å². The van der Waals surface area contributed by atoms with E-state index in [1.807, 2.05) is 30.3 Å². The van der Waals surface area contributed by atoms with Crippen LogP contribution in [-0.2, 0) is 6.42 Å². The molecule has 0 aliphatic heterocycles. The molecule has 0 saturated carbocycles. The molecule has 0 amide bonds. The highest BCUT2D eigenvalue weighted by molar-refractivity contribution is 9.10. The maximum atomic E-state index is 13.2. The van der Waals surface area contributed by atoms with Crippen LogP contribution in [0.1, 0.15) is 22.7 Å². The quantitative estimate of drug-likeness (QED) is 0.906. The van der Waals surface area contributed by atoms with Crippen LogP contribution in [-0.4, -0.2) is 0 Å². The molecule has 3 heteroatoms. The van der Waals surface area contributed by atoms with Gasteiger partial charge in [0.25, 0.3) is 0 Å². The van der Waals surface area contributed by atoms with Gasteiger partial charge in [-0.2, -0.15) is 0 Å². The van der Waals surface area contributed by atoms with Crippen molar-refractivity contribution in [3.8, 4) is 0 Å². The van der Waals surface area contributed by atoms with Crippen LogP contribution in [0.15, 0.2) is 46.9 Å². The van der Waals surface area contributed by atoms with Gasteiger partial charge in [-0.3, -0.25) is 0 Å². The molecule has 1 unspecified atom stereocenters. The molecular weight excluding hydrogens is 293 g/mol. The topological polar surface area (TPSA) is 26.0 Å². The SMILES string of the molecule is Cc1cc(C(N)Cc2ccccc2Br)ccc1F. The molecule has 0 heterocycles. The fraction of sp³-hybridized carbons (Fsp3) is 0.200. The Morgan fingerprint density at radius 1 is 1.22 bits per heavy atom. The molecule has 1 atom stereocenters. The van der Waals surface area contributed by atoms with E-state index >= 15 is 0 Å². The van der Waals surface area contributed by atoms with E-state index in [0.29, 0.717) is 5.56 Å². The Labute approximate surface area is 115 Å². The molecule has 0 aliphatic rings. The fourth-order valence-electron chi connectivity index (χ4n) is 1.92. The summed E-state index contributed by atoms with van der Waals surface area (Å²) < 4.78 is 14.3. The van der Waals surface area contributed by atoms with Gasteiger partial charge < -0.3 is 5.73 Å². The lowest BCUT2D eigenvalue weighted by Gasteiger charge is -2.14. The van der Waals surface area contributed by atoms with Gasteiger partial charge in [-0.05, 0) is 42.2 Å². The lowest BCUT2D eigenvalue weighted by atomic mass is 9.98. The van der Waals surface area contributed by atoms with Gasteiger partial charge in [-0.25, -0.2) is 4.39 Å². The van der Waals surface area contributed by atoms with Crippen molar-refractivity contribution in [1.82, 2.24) is 0 Å². The standard InChI is InChI=1S/C15H15BrFN/c1-10-8-12(6-7-14(10)17)15(18)9-11-4-2-3-5-13(11)16/h2-8,15H,9,18H2,1H3. The van der Waals surface area contributed by atoms with Crippen LogP contribution < -0.4 is 5.73 Å². The zero-order chi connectivity index (χ0) is 13.1. The molecule has 0 spiro atoms. The molecule has 0 bridgehead atoms. The first-order valence-corrected chi connectivity index (χ1v) is 6.62. The number of aryl methyl sites for hydroxylation is 1. The summed E-state index contributed by atoms with van der Waals surface area (Å²) in [6.07, 6.45) is 0.729. The average Bonchev–Trinajstić information content (AvgIpc) is 2.35. The van der Waals surface area contributed by atoms with Gasteiger partial charge in [0.05, 0.1) is 0 Å².